The maximum atomic E-state index is 13.9. The smallest absolute Gasteiger partial charge is 0.387 e. The Bertz CT molecular complexity index is 1400. The molecule has 0 radical (unpaired) electrons. The van der Waals surface area contributed by atoms with Crippen molar-refractivity contribution in [3.63, 3.8) is 0 Å². The van der Waals surface area contributed by atoms with E-state index in [1.165, 1.54) is 0 Å². The van der Waals surface area contributed by atoms with E-state index in [2.05, 4.69) is 23.1 Å². The number of phosphoric acid groups is 3. The highest BCUT2D eigenvalue weighted by Gasteiger charge is 2.47. The fourth-order valence-electron chi connectivity index (χ4n) is 3.15. The third-order valence-electron chi connectivity index (χ3n) is 4.57. The molecule has 1 aliphatic rings. The minimum atomic E-state index is -5.81. The van der Waals surface area contributed by atoms with Gasteiger partial charge in [0, 0.05) is 10.9 Å². The first-order chi connectivity index (χ1) is 16.7. The van der Waals surface area contributed by atoms with Crippen molar-refractivity contribution in [3.8, 4) is 0 Å². The van der Waals surface area contributed by atoms with Gasteiger partial charge in [0.1, 0.15) is 34.7 Å². The fraction of sp³-hybridized carbons (Fsp3) is 0.429. The standard InChI is InChI=1S/C14H15F4N2O13P3S/c15-6-2-4-1-5(13(37)20-12(4)19-11(6)14(16,17)18)10-9(22)8(21)7(31-10)3-30-35(26,27)33-36(28,29)32-34(23,24)25/h1-2,7-10,21-22H,3H2,(H,26,27)(H,28,29)(H,19,20,37)(H2,23,24,25)/t7-,8+,9?,10+/m1/s1. The number of hydrogen-bond donors (Lipinski definition) is 7. The number of aliphatic hydroxyl groups excluding tert-OH is 2. The lowest BCUT2D eigenvalue weighted by atomic mass is 10.0. The molecule has 0 aromatic carbocycles. The average Bonchev–Trinajstić information content (AvgIpc) is 2.96. The third kappa shape index (κ3) is 7.46. The van der Waals surface area contributed by atoms with Gasteiger partial charge in [-0.1, -0.05) is 12.2 Å². The van der Waals surface area contributed by atoms with Crippen molar-refractivity contribution in [2.75, 3.05) is 6.61 Å². The van der Waals surface area contributed by atoms with Gasteiger partial charge in [0.25, 0.3) is 0 Å². The van der Waals surface area contributed by atoms with E-state index in [0.717, 1.165) is 6.07 Å². The minimum Gasteiger partial charge on any atom is -0.387 e. The number of nitrogens with one attached hydrogen (secondary N) is 1. The number of ether oxygens (including phenoxy) is 1. The summed E-state index contributed by atoms with van der Waals surface area (Å²) < 4.78 is 103. The molecular weight excluding hydrogens is 605 g/mol. The monoisotopic (exact) mass is 620 g/mol. The van der Waals surface area contributed by atoms with Crippen molar-refractivity contribution < 1.29 is 78.9 Å². The Morgan fingerprint density at radius 2 is 1.68 bits per heavy atom. The summed E-state index contributed by atoms with van der Waals surface area (Å²) in [7, 11) is -17.0. The molecule has 0 saturated carbocycles. The van der Waals surface area contributed by atoms with E-state index in [1.54, 1.807) is 0 Å². The van der Waals surface area contributed by atoms with Crippen LogP contribution in [0.4, 0.5) is 17.6 Å². The number of halogens is 4. The molecule has 2 aromatic heterocycles. The van der Waals surface area contributed by atoms with Crippen molar-refractivity contribution in [2.45, 2.75) is 30.6 Å². The zero-order valence-electron chi connectivity index (χ0n) is 17.4. The number of fused-ring (bicyclic) bond motifs is 1. The second kappa shape index (κ2) is 10.4. The van der Waals surface area contributed by atoms with Crippen molar-refractivity contribution in [1.82, 2.24) is 9.97 Å². The summed E-state index contributed by atoms with van der Waals surface area (Å²) >= 11 is 5.03. The summed E-state index contributed by atoms with van der Waals surface area (Å²) in [6.07, 6.45) is -12.0. The van der Waals surface area contributed by atoms with Crippen LogP contribution in [0.15, 0.2) is 12.1 Å². The van der Waals surface area contributed by atoms with Gasteiger partial charge in [0.2, 0.25) is 0 Å². The molecule has 208 valence electrons. The van der Waals surface area contributed by atoms with Crippen molar-refractivity contribution in [3.05, 3.63) is 33.8 Å². The number of aromatic nitrogens is 2. The van der Waals surface area contributed by atoms with E-state index in [1.807, 2.05) is 0 Å². The fourth-order valence-corrected chi connectivity index (χ4v) is 6.45. The maximum Gasteiger partial charge on any atom is 0.490 e. The van der Waals surface area contributed by atoms with E-state index >= 15 is 0 Å². The second-order valence-corrected chi connectivity index (χ2v) is 12.1. The third-order valence-corrected chi connectivity index (χ3v) is 8.71. The minimum absolute atomic E-state index is 0.157. The van der Waals surface area contributed by atoms with Crippen LogP contribution in [0.5, 0.6) is 0 Å². The van der Waals surface area contributed by atoms with E-state index in [-0.39, 0.29) is 15.6 Å². The van der Waals surface area contributed by atoms with Gasteiger partial charge in [-0.25, -0.2) is 23.1 Å². The molecule has 2 aromatic rings. The van der Waals surface area contributed by atoms with Gasteiger partial charge in [-0.05, 0) is 12.1 Å². The second-order valence-electron chi connectivity index (χ2n) is 7.27. The summed E-state index contributed by atoms with van der Waals surface area (Å²) in [5.74, 6) is -1.71. The molecule has 3 unspecified atom stereocenters. The molecule has 23 heteroatoms. The SMILES string of the molecule is O=P(O)(O)OP(=O)(O)OP(=O)(O)OC[C@H]1O[C@@H](c2cc3cc(F)c(C(F)(F)F)nc3[nH]c2=S)C(O)[C@H]1O. The number of pyridine rings is 2. The van der Waals surface area contributed by atoms with Crippen LogP contribution in [-0.4, -0.2) is 64.7 Å². The molecule has 15 nitrogen and oxygen atoms in total. The molecule has 1 fully saturated rings. The van der Waals surface area contributed by atoms with Crippen molar-refractivity contribution in [1.29, 1.82) is 0 Å². The highest BCUT2D eigenvalue weighted by molar-refractivity contribution is 7.71. The molecule has 0 aliphatic carbocycles. The van der Waals surface area contributed by atoms with Crippen molar-refractivity contribution in [2.24, 2.45) is 0 Å². The number of hydrogen-bond acceptors (Lipinski definition) is 11. The first-order valence-electron chi connectivity index (χ1n) is 9.30. The summed E-state index contributed by atoms with van der Waals surface area (Å²) in [6.45, 7) is -1.12. The average molecular weight is 620 g/mol. The van der Waals surface area contributed by atoms with Crippen LogP contribution in [0.1, 0.15) is 17.4 Å². The van der Waals surface area contributed by atoms with E-state index < -0.39 is 77.8 Å². The molecule has 3 heterocycles. The molecule has 3 rings (SSSR count). The van der Waals surface area contributed by atoms with E-state index in [4.69, 9.17) is 31.6 Å². The first-order valence-corrected chi connectivity index (χ1v) is 14.2. The van der Waals surface area contributed by atoms with Crippen LogP contribution >= 0.6 is 35.7 Å². The Morgan fingerprint density at radius 1 is 1.05 bits per heavy atom. The zero-order valence-corrected chi connectivity index (χ0v) is 20.9. The summed E-state index contributed by atoms with van der Waals surface area (Å²) in [4.78, 5) is 41.1. The maximum absolute atomic E-state index is 13.9. The lowest BCUT2D eigenvalue weighted by molar-refractivity contribution is -0.143. The normalized spacial score (nSPS) is 26.2. The number of nitrogens with zero attached hydrogens (tertiary/aromatic N) is 1. The largest absolute Gasteiger partial charge is 0.490 e. The first kappa shape index (κ1) is 30.3. The van der Waals surface area contributed by atoms with Gasteiger partial charge in [0.15, 0.2) is 11.5 Å². The van der Waals surface area contributed by atoms with Gasteiger partial charge < -0.3 is 39.5 Å². The van der Waals surface area contributed by atoms with Gasteiger partial charge in [0.05, 0.1) is 6.61 Å². The molecule has 1 saturated heterocycles. The molecule has 0 amide bonds. The number of aliphatic hydroxyl groups is 2. The molecule has 0 spiro atoms. The van der Waals surface area contributed by atoms with Crippen LogP contribution in [0.3, 0.4) is 0 Å². The molecule has 6 atom stereocenters. The summed E-state index contributed by atoms with van der Waals surface area (Å²) in [6, 6.07) is 1.51. The van der Waals surface area contributed by atoms with Crippen LogP contribution in [-0.2, 0) is 37.8 Å². The molecular formula is C14H15F4N2O13P3S. The number of phosphoric ester groups is 1. The van der Waals surface area contributed by atoms with E-state index in [0.29, 0.717) is 6.07 Å². The Hall–Kier alpha value is -1.21. The quantitative estimate of drug-likeness (QED) is 0.127. The van der Waals surface area contributed by atoms with Gasteiger partial charge in [-0.3, -0.25) is 4.52 Å². The highest BCUT2D eigenvalue weighted by Crippen LogP contribution is 2.66. The summed E-state index contributed by atoms with van der Waals surface area (Å²) in [5.41, 5.74) is -2.42. The number of aromatic amines is 1. The van der Waals surface area contributed by atoms with E-state index in [9.17, 15) is 46.4 Å². The van der Waals surface area contributed by atoms with Gasteiger partial charge in [-0.15, -0.1) is 0 Å². The molecule has 37 heavy (non-hydrogen) atoms. The number of rotatable bonds is 8. The topological polar surface area (TPSA) is 238 Å². The number of alkyl halides is 3. The Balaban J connectivity index is 1.79. The Morgan fingerprint density at radius 3 is 2.24 bits per heavy atom. The van der Waals surface area contributed by atoms with Crippen molar-refractivity contribution >= 4 is 46.7 Å². The molecule has 1 aliphatic heterocycles. The van der Waals surface area contributed by atoms with Crippen LogP contribution < -0.4 is 0 Å². The Labute approximate surface area is 207 Å². The lowest BCUT2D eigenvalue weighted by Gasteiger charge is -2.19. The number of H-pyrrole nitrogens is 1. The highest BCUT2D eigenvalue weighted by atomic mass is 32.1. The van der Waals surface area contributed by atoms with Crippen LogP contribution in [0, 0.1) is 10.5 Å². The van der Waals surface area contributed by atoms with Crippen LogP contribution in [0.2, 0.25) is 0 Å². The van der Waals surface area contributed by atoms with Gasteiger partial charge >= 0.3 is 29.6 Å². The van der Waals surface area contributed by atoms with Crippen LogP contribution in [0.25, 0.3) is 11.0 Å². The molecule has 0 bridgehead atoms. The molecule has 7 N–H and O–H groups in total. The lowest BCUT2D eigenvalue weighted by Crippen LogP contribution is -2.33. The predicted octanol–water partition coefficient (Wildman–Crippen LogP) is 1.96. The Kier molecular flexibility index (Phi) is 8.53. The predicted molar refractivity (Wildman–Crippen MR) is 111 cm³/mol. The summed E-state index contributed by atoms with van der Waals surface area (Å²) in [5, 5.41) is 20.3. The zero-order chi connectivity index (χ0) is 28.1. The van der Waals surface area contributed by atoms with Gasteiger partial charge in [-0.2, -0.15) is 21.8 Å².